The summed E-state index contributed by atoms with van der Waals surface area (Å²) in [6.45, 7) is 6.04. The Morgan fingerprint density at radius 3 is 2.38 bits per heavy atom. The average molecular weight is 396 g/mol. The summed E-state index contributed by atoms with van der Waals surface area (Å²) >= 11 is 6.07. The van der Waals surface area contributed by atoms with Crippen LogP contribution in [0.1, 0.15) is 5.56 Å². The Morgan fingerprint density at radius 1 is 1.08 bits per heavy atom. The van der Waals surface area contributed by atoms with Crippen LogP contribution in [0.4, 0.5) is 0 Å². The first-order valence-electron chi connectivity index (χ1n) is 8.74. The van der Waals surface area contributed by atoms with E-state index < -0.39 is 10.0 Å². The molecular weight excluding hydrogens is 372 g/mol. The lowest BCUT2D eigenvalue weighted by atomic mass is 10.2. The first kappa shape index (κ1) is 19.2. The highest BCUT2D eigenvalue weighted by Gasteiger charge is 2.31. The van der Waals surface area contributed by atoms with Gasteiger partial charge < -0.3 is 9.64 Å². The average Bonchev–Trinajstić information content (AvgIpc) is 2.64. The number of aryl methyl sites for hydroxylation is 1. The Labute approximate surface area is 160 Å². The van der Waals surface area contributed by atoms with Crippen molar-refractivity contribution in [3.8, 4) is 5.75 Å². The molecule has 7 heteroatoms. The van der Waals surface area contributed by atoms with E-state index in [1.54, 1.807) is 24.3 Å². The van der Waals surface area contributed by atoms with E-state index >= 15 is 0 Å². The topological polar surface area (TPSA) is 51.1 Å². The molecule has 0 aliphatic carbocycles. The lowest BCUT2D eigenvalue weighted by Gasteiger charge is -2.31. The van der Waals surface area contributed by atoms with Crippen molar-refractivity contribution in [3.63, 3.8) is 0 Å². The second kappa shape index (κ2) is 8.39. The van der Waals surface area contributed by atoms with Crippen LogP contribution in [-0.4, -0.2) is 52.1 Å². The van der Waals surface area contributed by atoms with E-state index in [0.717, 1.165) is 25.4 Å². The van der Waals surface area contributed by atoms with E-state index in [9.17, 15) is 8.42 Å². The number of sulfonamides is 1. The van der Waals surface area contributed by atoms with Gasteiger partial charge in [-0.3, -0.25) is 0 Å². The van der Waals surface area contributed by atoms with Crippen LogP contribution in [-0.2, 0) is 10.0 Å². The number of nitrogens with zero attached hydrogens (tertiary/aromatic N) is 1. The van der Waals surface area contributed by atoms with E-state index in [1.807, 2.05) is 31.2 Å². The van der Waals surface area contributed by atoms with Crippen molar-refractivity contribution >= 4 is 21.6 Å². The fraction of sp³-hybridized carbons (Fsp3) is 0.368. The molecule has 0 radical (unpaired) electrons. The summed E-state index contributed by atoms with van der Waals surface area (Å²) in [7, 11) is -3.53. The summed E-state index contributed by atoms with van der Waals surface area (Å²) < 4.78 is 32.8. The minimum Gasteiger partial charge on any atom is -0.488 e. The van der Waals surface area contributed by atoms with Crippen LogP contribution in [0, 0.1) is 6.92 Å². The molecule has 1 saturated heterocycles. The molecule has 140 valence electrons. The minimum absolute atomic E-state index is 0.188. The lowest BCUT2D eigenvalue weighted by Crippen LogP contribution is -3.15. The summed E-state index contributed by atoms with van der Waals surface area (Å²) in [6.07, 6.45) is 0. The monoisotopic (exact) mass is 395 g/mol. The normalized spacial score (nSPS) is 16.5. The first-order valence-corrected chi connectivity index (χ1v) is 10.6. The van der Waals surface area contributed by atoms with Crippen molar-refractivity contribution in [2.75, 3.05) is 39.3 Å². The maximum absolute atomic E-state index is 12.7. The van der Waals surface area contributed by atoms with E-state index in [4.69, 9.17) is 16.3 Å². The van der Waals surface area contributed by atoms with Crippen LogP contribution < -0.4 is 9.64 Å². The van der Waals surface area contributed by atoms with Gasteiger partial charge in [0.25, 0.3) is 0 Å². The van der Waals surface area contributed by atoms with Crippen molar-refractivity contribution in [3.05, 3.63) is 59.1 Å². The third kappa shape index (κ3) is 4.57. The summed E-state index contributed by atoms with van der Waals surface area (Å²) in [5.41, 5.74) is 1.21. The second-order valence-electron chi connectivity index (χ2n) is 6.50. The SMILES string of the molecule is Cc1ccc(OCC[NH+]2CCN(S(=O)(=O)c3ccccc3Cl)CC2)cc1. The largest absolute Gasteiger partial charge is 0.488 e. The third-order valence-electron chi connectivity index (χ3n) is 4.63. The fourth-order valence-corrected chi connectivity index (χ4v) is 4.97. The number of benzene rings is 2. The van der Waals surface area contributed by atoms with Gasteiger partial charge in [-0.25, -0.2) is 8.42 Å². The molecular formula is C19H24ClN2O3S+. The summed E-state index contributed by atoms with van der Waals surface area (Å²) in [4.78, 5) is 1.54. The molecule has 0 unspecified atom stereocenters. The van der Waals surface area contributed by atoms with Gasteiger partial charge in [0.05, 0.1) is 31.2 Å². The number of halogens is 1. The molecule has 0 amide bonds. The molecule has 2 aromatic rings. The van der Waals surface area contributed by atoms with Crippen LogP contribution >= 0.6 is 11.6 Å². The van der Waals surface area contributed by atoms with Gasteiger partial charge in [0.1, 0.15) is 23.8 Å². The Morgan fingerprint density at radius 2 is 1.73 bits per heavy atom. The standard InChI is InChI=1S/C19H23ClN2O3S/c1-16-6-8-17(9-7-16)25-15-14-21-10-12-22(13-11-21)26(23,24)19-5-3-2-4-18(19)20/h2-9H,10-15H2,1H3/p+1. The predicted molar refractivity (Wildman–Crippen MR) is 102 cm³/mol. The van der Waals surface area contributed by atoms with Gasteiger partial charge in [-0.15, -0.1) is 0 Å². The Kier molecular flexibility index (Phi) is 6.19. The van der Waals surface area contributed by atoms with E-state index in [2.05, 4.69) is 0 Å². The number of nitrogens with one attached hydrogen (secondary N) is 1. The van der Waals surface area contributed by atoms with Gasteiger partial charge in [0.15, 0.2) is 0 Å². The lowest BCUT2D eigenvalue weighted by molar-refractivity contribution is -0.903. The first-order chi connectivity index (χ1) is 12.5. The number of hydrogen-bond donors (Lipinski definition) is 1. The molecule has 0 bridgehead atoms. The third-order valence-corrected chi connectivity index (χ3v) is 7.03. The quantitative estimate of drug-likeness (QED) is 0.808. The molecule has 1 aliphatic rings. The Balaban J connectivity index is 1.49. The van der Waals surface area contributed by atoms with Gasteiger partial charge in [-0.05, 0) is 31.2 Å². The zero-order chi connectivity index (χ0) is 18.6. The summed E-state index contributed by atoms with van der Waals surface area (Å²) in [5.74, 6) is 0.870. The van der Waals surface area contributed by atoms with Crippen molar-refractivity contribution < 1.29 is 18.1 Å². The molecule has 3 rings (SSSR count). The van der Waals surface area contributed by atoms with E-state index in [1.165, 1.54) is 14.8 Å². The highest BCUT2D eigenvalue weighted by atomic mass is 35.5. The number of piperazine rings is 1. The van der Waals surface area contributed by atoms with Crippen molar-refractivity contribution in [2.45, 2.75) is 11.8 Å². The van der Waals surface area contributed by atoms with Crippen LogP contribution in [0.2, 0.25) is 5.02 Å². The molecule has 2 aromatic carbocycles. The maximum atomic E-state index is 12.7. The Hall–Kier alpha value is -1.60. The highest BCUT2D eigenvalue weighted by molar-refractivity contribution is 7.89. The highest BCUT2D eigenvalue weighted by Crippen LogP contribution is 2.24. The molecule has 1 N–H and O–H groups in total. The van der Waals surface area contributed by atoms with Crippen LogP contribution in [0.25, 0.3) is 0 Å². The zero-order valence-corrected chi connectivity index (χ0v) is 16.4. The molecule has 1 fully saturated rings. The maximum Gasteiger partial charge on any atom is 0.244 e. The molecule has 0 saturated carbocycles. The molecule has 5 nitrogen and oxygen atoms in total. The number of quaternary nitrogens is 1. The fourth-order valence-electron chi connectivity index (χ4n) is 3.03. The zero-order valence-electron chi connectivity index (χ0n) is 14.8. The van der Waals surface area contributed by atoms with E-state index in [-0.39, 0.29) is 9.92 Å². The van der Waals surface area contributed by atoms with Crippen molar-refractivity contribution in [1.29, 1.82) is 0 Å². The predicted octanol–water partition coefficient (Wildman–Crippen LogP) is 1.62. The van der Waals surface area contributed by atoms with Gasteiger partial charge >= 0.3 is 0 Å². The van der Waals surface area contributed by atoms with Gasteiger partial charge in [0.2, 0.25) is 10.0 Å². The summed E-state index contributed by atoms with van der Waals surface area (Å²) in [5, 5.41) is 0.272. The smallest absolute Gasteiger partial charge is 0.244 e. The van der Waals surface area contributed by atoms with Crippen molar-refractivity contribution in [2.24, 2.45) is 0 Å². The molecule has 0 aromatic heterocycles. The van der Waals surface area contributed by atoms with Crippen LogP contribution in [0.3, 0.4) is 0 Å². The van der Waals surface area contributed by atoms with Gasteiger partial charge in [-0.1, -0.05) is 41.4 Å². The Bertz CT molecular complexity index is 832. The number of ether oxygens (including phenoxy) is 1. The van der Waals surface area contributed by atoms with Crippen molar-refractivity contribution in [1.82, 2.24) is 4.31 Å². The summed E-state index contributed by atoms with van der Waals surface area (Å²) in [6, 6.07) is 14.6. The molecule has 0 atom stereocenters. The minimum atomic E-state index is -3.53. The number of hydrogen-bond acceptors (Lipinski definition) is 3. The van der Waals surface area contributed by atoms with Crippen LogP contribution in [0.5, 0.6) is 5.75 Å². The second-order valence-corrected chi connectivity index (χ2v) is 8.81. The number of rotatable bonds is 6. The van der Waals surface area contributed by atoms with E-state index in [0.29, 0.717) is 19.7 Å². The molecule has 1 aliphatic heterocycles. The van der Waals surface area contributed by atoms with Gasteiger partial charge in [0, 0.05) is 0 Å². The molecule has 0 spiro atoms. The molecule has 26 heavy (non-hydrogen) atoms. The van der Waals surface area contributed by atoms with Gasteiger partial charge in [-0.2, -0.15) is 4.31 Å². The molecule has 1 heterocycles. The van der Waals surface area contributed by atoms with Crippen LogP contribution in [0.15, 0.2) is 53.4 Å².